The minimum atomic E-state index is -0.101. The fraction of sp³-hybridized carbons (Fsp3) is 1.00. The minimum Gasteiger partial charge on any atom is -0.391 e. The maximum atomic E-state index is 9.78. The summed E-state index contributed by atoms with van der Waals surface area (Å²) < 4.78 is 0. The number of aliphatic hydroxyl groups is 1. The van der Waals surface area contributed by atoms with E-state index in [2.05, 4.69) is 32.7 Å². The molecule has 13 heavy (non-hydrogen) atoms. The molecule has 0 aliphatic heterocycles. The van der Waals surface area contributed by atoms with E-state index in [9.17, 15) is 5.11 Å². The van der Waals surface area contributed by atoms with Crippen LogP contribution in [0.2, 0.25) is 0 Å². The van der Waals surface area contributed by atoms with E-state index in [0.29, 0.717) is 6.04 Å². The van der Waals surface area contributed by atoms with Gasteiger partial charge in [-0.15, -0.1) is 0 Å². The van der Waals surface area contributed by atoms with Gasteiger partial charge in [-0.2, -0.15) is 0 Å². The molecule has 2 heteroatoms. The first kappa shape index (κ1) is 11.0. The minimum absolute atomic E-state index is 0.101. The number of rotatable bonds is 3. The summed E-state index contributed by atoms with van der Waals surface area (Å²) in [6.07, 6.45) is 4.34. The Kier molecular flexibility index (Phi) is 3.36. The van der Waals surface area contributed by atoms with E-state index >= 15 is 0 Å². The molecule has 1 N–H and O–H groups in total. The Hall–Kier alpha value is -0.0800. The molecule has 2 atom stereocenters. The molecule has 78 valence electrons. The molecule has 0 spiro atoms. The maximum absolute atomic E-state index is 9.78. The number of hydrogen-bond donors (Lipinski definition) is 1. The van der Waals surface area contributed by atoms with Gasteiger partial charge in [0.25, 0.3) is 0 Å². The molecule has 0 heterocycles. The van der Waals surface area contributed by atoms with Crippen molar-refractivity contribution in [3.63, 3.8) is 0 Å². The molecule has 0 unspecified atom stereocenters. The van der Waals surface area contributed by atoms with Crippen LogP contribution in [0.3, 0.4) is 0 Å². The Labute approximate surface area is 81.9 Å². The molecule has 1 saturated carbocycles. The van der Waals surface area contributed by atoms with Crippen molar-refractivity contribution in [2.75, 3.05) is 7.05 Å². The van der Waals surface area contributed by atoms with Crippen molar-refractivity contribution in [1.29, 1.82) is 0 Å². The highest BCUT2D eigenvalue weighted by atomic mass is 16.3. The summed E-state index contributed by atoms with van der Waals surface area (Å²) in [6, 6.07) is 0.384. The standard InChI is InChI=1S/C11H23NO/c1-5-11(2,3)12(4)9-7-6-8-10(9)13/h9-10,13H,5-8H2,1-4H3/t9-,10-/m1/s1. The van der Waals surface area contributed by atoms with E-state index < -0.39 is 0 Å². The van der Waals surface area contributed by atoms with E-state index in [1.807, 2.05) is 0 Å². The Balaban J connectivity index is 2.60. The molecular weight excluding hydrogens is 162 g/mol. The van der Waals surface area contributed by atoms with Gasteiger partial charge in [0.15, 0.2) is 0 Å². The molecule has 2 nitrogen and oxygen atoms in total. The van der Waals surface area contributed by atoms with Crippen LogP contribution in [-0.2, 0) is 0 Å². The van der Waals surface area contributed by atoms with E-state index in [1.54, 1.807) is 0 Å². The third-order valence-corrected chi connectivity index (χ3v) is 3.76. The van der Waals surface area contributed by atoms with Gasteiger partial charge in [-0.05, 0) is 46.6 Å². The van der Waals surface area contributed by atoms with Crippen molar-refractivity contribution in [2.45, 2.75) is 64.1 Å². The van der Waals surface area contributed by atoms with Gasteiger partial charge in [0.1, 0.15) is 0 Å². The van der Waals surface area contributed by atoms with Crippen LogP contribution in [0.5, 0.6) is 0 Å². The predicted octanol–water partition coefficient (Wildman–Crippen LogP) is 2.02. The molecule has 0 radical (unpaired) electrons. The fourth-order valence-corrected chi connectivity index (χ4v) is 2.07. The fourth-order valence-electron chi connectivity index (χ4n) is 2.07. The van der Waals surface area contributed by atoms with Gasteiger partial charge in [-0.25, -0.2) is 0 Å². The number of aliphatic hydroxyl groups excluding tert-OH is 1. The largest absolute Gasteiger partial charge is 0.391 e. The second-order valence-corrected chi connectivity index (χ2v) is 4.84. The highest BCUT2D eigenvalue weighted by Gasteiger charge is 2.34. The second kappa shape index (κ2) is 3.97. The van der Waals surface area contributed by atoms with Crippen LogP contribution in [0.1, 0.15) is 46.5 Å². The molecule has 1 aliphatic carbocycles. The van der Waals surface area contributed by atoms with E-state index in [4.69, 9.17) is 0 Å². The normalized spacial score (nSPS) is 30.0. The molecular formula is C11H23NO. The Morgan fingerprint density at radius 2 is 2.00 bits per heavy atom. The monoisotopic (exact) mass is 185 g/mol. The molecule has 1 aliphatic rings. The van der Waals surface area contributed by atoms with E-state index in [0.717, 1.165) is 19.3 Å². The lowest BCUT2D eigenvalue weighted by Crippen LogP contribution is -2.49. The topological polar surface area (TPSA) is 23.5 Å². The van der Waals surface area contributed by atoms with Crippen molar-refractivity contribution in [3.8, 4) is 0 Å². The highest BCUT2D eigenvalue weighted by Crippen LogP contribution is 2.29. The van der Waals surface area contributed by atoms with Gasteiger partial charge in [0.2, 0.25) is 0 Å². The first-order valence-electron chi connectivity index (χ1n) is 5.40. The lowest BCUT2D eigenvalue weighted by Gasteiger charge is -2.40. The average Bonchev–Trinajstić information content (AvgIpc) is 2.50. The first-order chi connectivity index (χ1) is 5.99. The average molecular weight is 185 g/mol. The van der Waals surface area contributed by atoms with Gasteiger partial charge >= 0.3 is 0 Å². The van der Waals surface area contributed by atoms with Crippen LogP contribution >= 0.6 is 0 Å². The molecule has 0 amide bonds. The Morgan fingerprint density at radius 1 is 1.38 bits per heavy atom. The van der Waals surface area contributed by atoms with Crippen LogP contribution in [0.15, 0.2) is 0 Å². The van der Waals surface area contributed by atoms with Crippen molar-refractivity contribution in [3.05, 3.63) is 0 Å². The quantitative estimate of drug-likeness (QED) is 0.727. The molecule has 0 bridgehead atoms. The molecule has 0 aromatic carbocycles. The van der Waals surface area contributed by atoms with Gasteiger partial charge < -0.3 is 5.11 Å². The molecule has 1 rings (SSSR count). The van der Waals surface area contributed by atoms with Gasteiger partial charge in [-0.3, -0.25) is 4.90 Å². The van der Waals surface area contributed by atoms with Crippen molar-refractivity contribution < 1.29 is 5.11 Å². The van der Waals surface area contributed by atoms with Crippen LogP contribution < -0.4 is 0 Å². The van der Waals surface area contributed by atoms with Crippen LogP contribution in [0.25, 0.3) is 0 Å². The van der Waals surface area contributed by atoms with Crippen molar-refractivity contribution in [1.82, 2.24) is 4.90 Å². The van der Waals surface area contributed by atoms with Crippen molar-refractivity contribution >= 4 is 0 Å². The zero-order chi connectivity index (χ0) is 10.1. The summed E-state index contributed by atoms with van der Waals surface area (Å²) in [4.78, 5) is 2.35. The summed E-state index contributed by atoms with van der Waals surface area (Å²) >= 11 is 0. The van der Waals surface area contributed by atoms with Crippen molar-refractivity contribution in [2.24, 2.45) is 0 Å². The maximum Gasteiger partial charge on any atom is 0.0695 e. The third-order valence-electron chi connectivity index (χ3n) is 3.76. The highest BCUT2D eigenvalue weighted by molar-refractivity contribution is 4.90. The van der Waals surface area contributed by atoms with E-state index in [-0.39, 0.29) is 11.6 Å². The lowest BCUT2D eigenvalue weighted by molar-refractivity contribution is 0.0264. The van der Waals surface area contributed by atoms with E-state index in [1.165, 1.54) is 6.42 Å². The molecule has 0 aromatic heterocycles. The first-order valence-corrected chi connectivity index (χ1v) is 5.40. The number of likely N-dealkylation sites (N-methyl/N-ethyl adjacent to an activating group) is 1. The summed E-state index contributed by atoms with van der Waals surface area (Å²) in [5.41, 5.74) is 0.218. The number of nitrogens with zero attached hydrogens (tertiary/aromatic N) is 1. The second-order valence-electron chi connectivity index (χ2n) is 4.84. The van der Waals surface area contributed by atoms with Gasteiger partial charge in [0, 0.05) is 11.6 Å². The lowest BCUT2D eigenvalue weighted by atomic mass is 9.97. The molecule has 0 saturated heterocycles. The van der Waals surface area contributed by atoms with Crippen LogP contribution in [0, 0.1) is 0 Å². The Bertz CT molecular complexity index is 167. The summed E-state index contributed by atoms with van der Waals surface area (Å²) in [7, 11) is 2.14. The molecule has 0 aromatic rings. The van der Waals surface area contributed by atoms with Gasteiger partial charge in [0.05, 0.1) is 6.10 Å². The molecule has 1 fully saturated rings. The summed E-state index contributed by atoms with van der Waals surface area (Å²) in [5.74, 6) is 0. The summed E-state index contributed by atoms with van der Waals surface area (Å²) in [5, 5.41) is 9.78. The van der Waals surface area contributed by atoms with Gasteiger partial charge in [-0.1, -0.05) is 6.92 Å². The SMILES string of the molecule is CCC(C)(C)N(C)[C@@H]1CCC[C@H]1O. The summed E-state index contributed by atoms with van der Waals surface area (Å²) in [6.45, 7) is 6.70. The van der Waals surface area contributed by atoms with Crippen LogP contribution in [-0.4, -0.2) is 34.7 Å². The zero-order valence-electron chi connectivity index (χ0n) is 9.38. The Morgan fingerprint density at radius 3 is 2.38 bits per heavy atom. The van der Waals surface area contributed by atoms with Crippen LogP contribution in [0.4, 0.5) is 0 Å². The smallest absolute Gasteiger partial charge is 0.0695 e. The zero-order valence-corrected chi connectivity index (χ0v) is 9.38. The number of hydrogen-bond acceptors (Lipinski definition) is 2. The third kappa shape index (κ3) is 2.23. The predicted molar refractivity (Wildman–Crippen MR) is 55.8 cm³/mol.